The van der Waals surface area contributed by atoms with Crippen molar-refractivity contribution in [2.24, 2.45) is 5.73 Å². The monoisotopic (exact) mass is 232 g/mol. The average molecular weight is 232 g/mol. The maximum absolute atomic E-state index is 11.3. The summed E-state index contributed by atoms with van der Waals surface area (Å²) in [7, 11) is 0. The van der Waals surface area contributed by atoms with Crippen molar-refractivity contribution in [1.29, 1.82) is 0 Å². The molecule has 16 heavy (non-hydrogen) atoms. The van der Waals surface area contributed by atoms with Gasteiger partial charge in [-0.3, -0.25) is 4.79 Å². The number of ether oxygens (including phenoxy) is 1. The van der Waals surface area contributed by atoms with Gasteiger partial charge in [0.2, 0.25) is 5.91 Å². The van der Waals surface area contributed by atoms with Crippen LogP contribution in [0.5, 0.6) is 0 Å². The zero-order valence-electron chi connectivity index (χ0n) is 10.3. The Hall–Kier alpha value is -0.650. The van der Waals surface area contributed by atoms with Crippen molar-refractivity contribution in [3.05, 3.63) is 0 Å². The van der Waals surface area contributed by atoms with Crippen molar-refractivity contribution in [1.82, 2.24) is 5.32 Å². The molecule has 0 heterocycles. The molecule has 4 N–H and O–H groups in total. The molecule has 0 aromatic rings. The molecule has 5 heteroatoms. The second kappa shape index (κ2) is 8.50. The van der Waals surface area contributed by atoms with E-state index in [4.69, 9.17) is 15.6 Å². The van der Waals surface area contributed by atoms with E-state index in [0.717, 1.165) is 6.42 Å². The third kappa shape index (κ3) is 11.4. The zero-order valence-corrected chi connectivity index (χ0v) is 10.3. The zero-order chi connectivity index (χ0) is 12.4. The minimum atomic E-state index is -0.290. The largest absolute Gasteiger partial charge is 0.394 e. The SMILES string of the molecule is CC(C)(N)CCC(=O)NCCCOCCO. The molecule has 0 fully saturated rings. The summed E-state index contributed by atoms with van der Waals surface area (Å²) in [5.41, 5.74) is 5.48. The minimum Gasteiger partial charge on any atom is -0.394 e. The first-order valence-electron chi connectivity index (χ1n) is 5.70. The van der Waals surface area contributed by atoms with Gasteiger partial charge in [-0.15, -0.1) is 0 Å². The number of carbonyl (C=O) groups is 1. The Labute approximate surface area is 97.3 Å². The van der Waals surface area contributed by atoms with E-state index < -0.39 is 0 Å². The van der Waals surface area contributed by atoms with Crippen LogP contribution in [0.25, 0.3) is 0 Å². The Kier molecular flexibility index (Phi) is 8.15. The number of nitrogens with two attached hydrogens (primary N) is 1. The van der Waals surface area contributed by atoms with Gasteiger partial charge in [-0.1, -0.05) is 0 Å². The van der Waals surface area contributed by atoms with Gasteiger partial charge in [-0.05, 0) is 26.7 Å². The molecular formula is C11H24N2O3. The Morgan fingerprint density at radius 1 is 1.44 bits per heavy atom. The van der Waals surface area contributed by atoms with Crippen molar-refractivity contribution >= 4 is 5.91 Å². The molecule has 96 valence electrons. The lowest BCUT2D eigenvalue weighted by Gasteiger charge is -2.17. The number of hydrogen-bond acceptors (Lipinski definition) is 4. The van der Waals surface area contributed by atoms with Crippen LogP contribution in [0.4, 0.5) is 0 Å². The van der Waals surface area contributed by atoms with Gasteiger partial charge in [0.15, 0.2) is 0 Å². The number of rotatable bonds is 9. The average Bonchev–Trinajstić information content (AvgIpc) is 2.19. The van der Waals surface area contributed by atoms with Gasteiger partial charge in [0.05, 0.1) is 13.2 Å². The first-order valence-corrected chi connectivity index (χ1v) is 5.70. The van der Waals surface area contributed by atoms with Gasteiger partial charge < -0.3 is 20.9 Å². The van der Waals surface area contributed by atoms with Crippen molar-refractivity contribution in [2.45, 2.75) is 38.6 Å². The summed E-state index contributed by atoms with van der Waals surface area (Å²) in [6.07, 6.45) is 1.90. The highest BCUT2D eigenvalue weighted by atomic mass is 16.5. The van der Waals surface area contributed by atoms with E-state index in [1.165, 1.54) is 0 Å². The van der Waals surface area contributed by atoms with Crippen LogP contribution in [0, 0.1) is 0 Å². The summed E-state index contributed by atoms with van der Waals surface area (Å²) >= 11 is 0. The van der Waals surface area contributed by atoms with Crippen LogP contribution in [-0.4, -0.2) is 42.9 Å². The maximum atomic E-state index is 11.3. The molecule has 0 aromatic carbocycles. The lowest BCUT2D eigenvalue weighted by atomic mass is 10.00. The summed E-state index contributed by atoms with van der Waals surface area (Å²) in [5, 5.41) is 11.2. The normalized spacial score (nSPS) is 11.5. The maximum Gasteiger partial charge on any atom is 0.220 e. The van der Waals surface area contributed by atoms with Crippen LogP contribution in [0.3, 0.4) is 0 Å². The highest BCUT2D eigenvalue weighted by molar-refractivity contribution is 5.75. The lowest BCUT2D eigenvalue weighted by molar-refractivity contribution is -0.121. The van der Waals surface area contributed by atoms with Crippen LogP contribution >= 0.6 is 0 Å². The van der Waals surface area contributed by atoms with Crippen molar-refractivity contribution in [3.63, 3.8) is 0 Å². The van der Waals surface area contributed by atoms with Gasteiger partial charge in [0.1, 0.15) is 0 Å². The molecule has 0 unspecified atom stereocenters. The van der Waals surface area contributed by atoms with Gasteiger partial charge in [-0.25, -0.2) is 0 Å². The Morgan fingerprint density at radius 3 is 2.69 bits per heavy atom. The summed E-state index contributed by atoms with van der Waals surface area (Å²) in [6.45, 7) is 5.37. The first kappa shape index (κ1) is 15.3. The van der Waals surface area contributed by atoms with E-state index in [0.29, 0.717) is 32.6 Å². The van der Waals surface area contributed by atoms with Gasteiger partial charge in [-0.2, -0.15) is 0 Å². The van der Waals surface area contributed by atoms with Crippen molar-refractivity contribution in [3.8, 4) is 0 Å². The second-order valence-corrected chi connectivity index (χ2v) is 4.53. The molecule has 5 nitrogen and oxygen atoms in total. The van der Waals surface area contributed by atoms with Crippen LogP contribution in [-0.2, 0) is 9.53 Å². The van der Waals surface area contributed by atoms with Crippen LogP contribution in [0.2, 0.25) is 0 Å². The van der Waals surface area contributed by atoms with E-state index in [9.17, 15) is 4.79 Å². The Bertz CT molecular complexity index is 190. The van der Waals surface area contributed by atoms with E-state index in [-0.39, 0.29) is 18.1 Å². The summed E-state index contributed by atoms with van der Waals surface area (Å²) in [4.78, 5) is 11.3. The molecule has 0 atom stereocenters. The lowest BCUT2D eigenvalue weighted by Crippen LogP contribution is -2.34. The topological polar surface area (TPSA) is 84.6 Å². The van der Waals surface area contributed by atoms with E-state index in [1.807, 2.05) is 13.8 Å². The second-order valence-electron chi connectivity index (χ2n) is 4.53. The number of aliphatic hydroxyl groups excluding tert-OH is 1. The van der Waals surface area contributed by atoms with Crippen LogP contribution < -0.4 is 11.1 Å². The molecule has 0 aliphatic rings. The Morgan fingerprint density at radius 2 is 2.12 bits per heavy atom. The third-order valence-electron chi connectivity index (χ3n) is 2.02. The molecule has 0 spiro atoms. The molecule has 0 saturated heterocycles. The molecule has 0 bridgehead atoms. The molecular weight excluding hydrogens is 208 g/mol. The first-order chi connectivity index (χ1) is 7.45. The van der Waals surface area contributed by atoms with Gasteiger partial charge in [0.25, 0.3) is 0 Å². The van der Waals surface area contributed by atoms with Crippen molar-refractivity contribution < 1.29 is 14.6 Å². The predicted molar refractivity (Wildman–Crippen MR) is 63.0 cm³/mol. The molecule has 0 saturated carbocycles. The van der Waals surface area contributed by atoms with Gasteiger partial charge >= 0.3 is 0 Å². The number of aliphatic hydroxyl groups is 1. The minimum absolute atomic E-state index is 0.0284. The smallest absolute Gasteiger partial charge is 0.220 e. The highest BCUT2D eigenvalue weighted by Crippen LogP contribution is 2.06. The fourth-order valence-electron chi connectivity index (χ4n) is 1.09. The fraction of sp³-hybridized carbons (Fsp3) is 0.909. The summed E-state index contributed by atoms with van der Waals surface area (Å²) in [5.74, 6) is 0.0284. The molecule has 0 radical (unpaired) electrons. The fourth-order valence-corrected chi connectivity index (χ4v) is 1.09. The molecule has 0 aliphatic heterocycles. The predicted octanol–water partition coefficient (Wildman–Crippen LogP) is 0.0191. The molecule has 0 aromatic heterocycles. The van der Waals surface area contributed by atoms with Crippen LogP contribution in [0.15, 0.2) is 0 Å². The summed E-state index contributed by atoms with van der Waals surface area (Å²) in [6, 6.07) is 0. The number of nitrogens with one attached hydrogen (secondary N) is 1. The third-order valence-corrected chi connectivity index (χ3v) is 2.02. The summed E-state index contributed by atoms with van der Waals surface area (Å²) < 4.78 is 5.06. The van der Waals surface area contributed by atoms with Crippen LogP contribution in [0.1, 0.15) is 33.1 Å². The molecule has 0 aliphatic carbocycles. The van der Waals surface area contributed by atoms with Gasteiger partial charge in [0, 0.05) is 25.1 Å². The molecule has 0 rings (SSSR count). The quantitative estimate of drug-likeness (QED) is 0.489. The number of hydrogen-bond donors (Lipinski definition) is 3. The number of carbonyl (C=O) groups excluding carboxylic acids is 1. The van der Waals surface area contributed by atoms with E-state index in [1.54, 1.807) is 0 Å². The van der Waals surface area contributed by atoms with Crippen molar-refractivity contribution in [2.75, 3.05) is 26.4 Å². The highest BCUT2D eigenvalue weighted by Gasteiger charge is 2.12. The molecule has 1 amide bonds. The Balaban J connectivity index is 3.31. The van der Waals surface area contributed by atoms with E-state index in [2.05, 4.69) is 5.32 Å². The van der Waals surface area contributed by atoms with E-state index >= 15 is 0 Å². The number of amides is 1. The standard InChI is InChI=1S/C11H24N2O3/c1-11(2,12)5-4-10(15)13-6-3-8-16-9-7-14/h14H,3-9,12H2,1-2H3,(H,13,15).